The maximum atomic E-state index is 12.3. The molecule has 1 heterocycles. The highest BCUT2D eigenvalue weighted by molar-refractivity contribution is 5.95. The van der Waals surface area contributed by atoms with Gasteiger partial charge in [0.25, 0.3) is 11.6 Å². The summed E-state index contributed by atoms with van der Waals surface area (Å²) < 4.78 is 15.9. The van der Waals surface area contributed by atoms with E-state index in [2.05, 4.69) is 10.5 Å². The molecule has 3 aromatic rings. The van der Waals surface area contributed by atoms with Crippen molar-refractivity contribution in [2.75, 3.05) is 14.2 Å². The number of nitrogens with zero attached hydrogens (tertiary/aromatic N) is 2. The number of hydrogen-bond donors (Lipinski definition) is 1. The van der Waals surface area contributed by atoms with Gasteiger partial charge in [-0.15, -0.1) is 0 Å². The molecule has 3 rings (SSSR count). The van der Waals surface area contributed by atoms with Crippen LogP contribution in [0.25, 0.3) is 11.3 Å². The highest BCUT2D eigenvalue weighted by atomic mass is 16.6. The zero-order valence-corrected chi connectivity index (χ0v) is 15.6. The molecule has 0 atom stereocenters. The van der Waals surface area contributed by atoms with Crippen LogP contribution in [0.2, 0.25) is 0 Å². The van der Waals surface area contributed by atoms with E-state index >= 15 is 0 Å². The minimum atomic E-state index is -0.468. The van der Waals surface area contributed by atoms with E-state index in [4.69, 9.17) is 13.9 Å². The maximum Gasteiger partial charge on any atom is 0.271 e. The number of furan rings is 1. The van der Waals surface area contributed by atoms with Crippen LogP contribution in [0.4, 0.5) is 5.69 Å². The number of ether oxygens (including phenoxy) is 2. The summed E-state index contributed by atoms with van der Waals surface area (Å²) >= 11 is 0. The summed E-state index contributed by atoms with van der Waals surface area (Å²) in [6.07, 6.45) is 1.35. The molecule has 1 aromatic heterocycles. The van der Waals surface area contributed by atoms with Crippen LogP contribution in [0.15, 0.2) is 64.1 Å². The van der Waals surface area contributed by atoms with E-state index in [-0.39, 0.29) is 5.69 Å². The monoisotopic (exact) mass is 395 g/mol. The third-order valence-electron chi connectivity index (χ3n) is 3.96. The number of rotatable bonds is 7. The second kappa shape index (κ2) is 8.70. The number of benzene rings is 2. The summed E-state index contributed by atoms with van der Waals surface area (Å²) in [4.78, 5) is 22.5. The zero-order valence-electron chi connectivity index (χ0n) is 15.6. The van der Waals surface area contributed by atoms with Gasteiger partial charge in [-0.2, -0.15) is 5.10 Å². The fourth-order valence-electron chi connectivity index (χ4n) is 2.48. The van der Waals surface area contributed by atoms with Crippen molar-refractivity contribution in [3.8, 4) is 22.8 Å². The number of nitrogens with one attached hydrogen (secondary N) is 1. The van der Waals surface area contributed by atoms with Gasteiger partial charge in [-0.3, -0.25) is 14.9 Å². The molecule has 0 spiro atoms. The lowest BCUT2D eigenvalue weighted by Gasteiger charge is -2.07. The number of hydrazone groups is 1. The second-order valence-corrected chi connectivity index (χ2v) is 5.81. The zero-order chi connectivity index (χ0) is 20.8. The van der Waals surface area contributed by atoms with Gasteiger partial charge in [0.15, 0.2) is 0 Å². The SMILES string of the molecule is COc1cc(OC)cc(C(=O)NN=Cc2ccc(-c3ccc([N+](=O)[O-])cc3)o2)c1. The van der Waals surface area contributed by atoms with Gasteiger partial charge in [0.2, 0.25) is 0 Å². The predicted molar refractivity (Wildman–Crippen MR) is 105 cm³/mol. The minimum Gasteiger partial charge on any atom is -0.497 e. The lowest BCUT2D eigenvalue weighted by Crippen LogP contribution is -2.17. The average Bonchev–Trinajstić information content (AvgIpc) is 3.22. The molecule has 29 heavy (non-hydrogen) atoms. The molecular formula is C20H17N3O6. The lowest BCUT2D eigenvalue weighted by atomic mass is 10.1. The highest BCUT2D eigenvalue weighted by Gasteiger charge is 2.10. The van der Waals surface area contributed by atoms with Crippen LogP contribution in [-0.4, -0.2) is 31.3 Å². The van der Waals surface area contributed by atoms with Crippen LogP contribution in [0.1, 0.15) is 16.1 Å². The number of hydrogen-bond acceptors (Lipinski definition) is 7. The Morgan fingerprint density at radius 3 is 2.31 bits per heavy atom. The van der Waals surface area contributed by atoms with Crippen molar-refractivity contribution < 1.29 is 23.6 Å². The Kier molecular flexibility index (Phi) is 5.88. The van der Waals surface area contributed by atoms with Gasteiger partial charge in [0.1, 0.15) is 23.0 Å². The number of nitro benzene ring substituents is 1. The van der Waals surface area contributed by atoms with Gasteiger partial charge in [0, 0.05) is 29.3 Å². The van der Waals surface area contributed by atoms with Gasteiger partial charge in [-0.1, -0.05) is 0 Å². The first-order chi connectivity index (χ1) is 14.0. The van der Waals surface area contributed by atoms with E-state index in [0.29, 0.717) is 34.1 Å². The Morgan fingerprint density at radius 1 is 1.07 bits per heavy atom. The van der Waals surface area contributed by atoms with Gasteiger partial charge in [0.05, 0.1) is 25.4 Å². The molecule has 0 bridgehead atoms. The van der Waals surface area contributed by atoms with Crippen LogP contribution in [0.3, 0.4) is 0 Å². The first kappa shape index (κ1) is 19.6. The molecular weight excluding hydrogens is 378 g/mol. The Morgan fingerprint density at radius 2 is 1.72 bits per heavy atom. The van der Waals surface area contributed by atoms with Crippen molar-refractivity contribution in [2.45, 2.75) is 0 Å². The van der Waals surface area contributed by atoms with E-state index in [1.54, 1.807) is 42.5 Å². The van der Waals surface area contributed by atoms with Gasteiger partial charge in [-0.05, 0) is 36.4 Å². The molecule has 0 aliphatic rings. The quantitative estimate of drug-likeness (QED) is 0.371. The molecule has 0 aliphatic heterocycles. The van der Waals surface area contributed by atoms with Crippen LogP contribution >= 0.6 is 0 Å². The summed E-state index contributed by atoms with van der Waals surface area (Å²) in [5, 5.41) is 14.6. The summed E-state index contributed by atoms with van der Waals surface area (Å²) in [5.74, 6) is 1.45. The summed E-state index contributed by atoms with van der Waals surface area (Å²) in [7, 11) is 2.99. The van der Waals surface area contributed by atoms with Crippen molar-refractivity contribution in [3.05, 3.63) is 76.0 Å². The van der Waals surface area contributed by atoms with Gasteiger partial charge >= 0.3 is 0 Å². The van der Waals surface area contributed by atoms with E-state index in [1.165, 1.54) is 32.6 Å². The van der Waals surface area contributed by atoms with Gasteiger partial charge in [-0.25, -0.2) is 5.43 Å². The van der Waals surface area contributed by atoms with Crippen molar-refractivity contribution in [2.24, 2.45) is 5.10 Å². The summed E-state index contributed by atoms with van der Waals surface area (Å²) in [6, 6.07) is 14.1. The fraction of sp³-hybridized carbons (Fsp3) is 0.100. The topological polar surface area (TPSA) is 116 Å². The standard InChI is InChI=1S/C20H17N3O6/c1-27-17-9-14(10-18(11-17)28-2)20(24)22-21-12-16-7-8-19(29-16)13-3-5-15(6-4-13)23(25)26/h3-12H,1-2H3,(H,22,24). The molecule has 0 saturated heterocycles. The van der Waals surface area contributed by atoms with Crippen LogP contribution in [0, 0.1) is 10.1 Å². The number of methoxy groups -OCH3 is 2. The predicted octanol–water partition coefficient (Wildman–Crippen LogP) is 3.64. The molecule has 0 fully saturated rings. The van der Waals surface area contributed by atoms with E-state index in [1.807, 2.05) is 0 Å². The van der Waals surface area contributed by atoms with Crippen molar-refractivity contribution in [1.82, 2.24) is 5.43 Å². The largest absolute Gasteiger partial charge is 0.497 e. The molecule has 1 amide bonds. The summed E-state index contributed by atoms with van der Waals surface area (Å²) in [6.45, 7) is 0. The molecule has 9 heteroatoms. The van der Waals surface area contributed by atoms with E-state index in [9.17, 15) is 14.9 Å². The Labute approximate surface area is 165 Å². The van der Waals surface area contributed by atoms with E-state index < -0.39 is 10.8 Å². The molecule has 9 nitrogen and oxygen atoms in total. The summed E-state index contributed by atoms with van der Waals surface area (Å²) in [5.41, 5.74) is 3.41. The average molecular weight is 395 g/mol. The number of carbonyl (C=O) groups excluding carboxylic acids is 1. The number of non-ortho nitro benzene ring substituents is 1. The molecule has 0 saturated carbocycles. The Hall–Kier alpha value is -4.14. The normalized spacial score (nSPS) is 10.7. The van der Waals surface area contributed by atoms with Gasteiger partial charge < -0.3 is 13.9 Å². The molecule has 0 unspecified atom stereocenters. The molecule has 0 radical (unpaired) electrons. The number of amides is 1. The molecule has 1 N–H and O–H groups in total. The molecule has 148 valence electrons. The third-order valence-corrected chi connectivity index (χ3v) is 3.96. The minimum absolute atomic E-state index is 0.000947. The smallest absolute Gasteiger partial charge is 0.271 e. The fourth-order valence-corrected chi connectivity index (χ4v) is 2.48. The van der Waals surface area contributed by atoms with Crippen LogP contribution < -0.4 is 14.9 Å². The first-order valence-electron chi connectivity index (χ1n) is 8.41. The van der Waals surface area contributed by atoms with Crippen LogP contribution in [-0.2, 0) is 0 Å². The van der Waals surface area contributed by atoms with E-state index in [0.717, 1.165) is 0 Å². The number of nitro groups is 1. The van der Waals surface area contributed by atoms with Crippen molar-refractivity contribution in [1.29, 1.82) is 0 Å². The molecule has 2 aromatic carbocycles. The van der Waals surface area contributed by atoms with Crippen LogP contribution in [0.5, 0.6) is 11.5 Å². The Bertz CT molecular complexity index is 1030. The maximum absolute atomic E-state index is 12.3. The molecule has 0 aliphatic carbocycles. The lowest BCUT2D eigenvalue weighted by molar-refractivity contribution is -0.384. The number of carbonyl (C=O) groups is 1. The third kappa shape index (κ3) is 4.78. The van der Waals surface area contributed by atoms with Crippen molar-refractivity contribution in [3.63, 3.8) is 0 Å². The van der Waals surface area contributed by atoms with Crippen molar-refractivity contribution >= 4 is 17.8 Å². The highest BCUT2D eigenvalue weighted by Crippen LogP contribution is 2.24. The second-order valence-electron chi connectivity index (χ2n) is 5.81. The Balaban J connectivity index is 1.67. The first-order valence-corrected chi connectivity index (χ1v) is 8.41.